The monoisotopic (exact) mass is 294 g/mol. The van der Waals surface area contributed by atoms with E-state index in [9.17, 15) is 13.2 Å². The maximum absolute atomic E-state index is 10.8. The van der Waals surface area contributed by atoms with Crippen LogP contribution in [0.15, 0.2) is 0 Å². The van der Waals surface area contributed by atoms with Crippen molar-refractivity contribution >= 4 is 15.9 Å². The van der Waals surface area contributed by atoms with Gasteiger partial charge in [0.1, 0.15) is 5.78 Å². The number of nitrogens with zero attached hydrogens (tertiary/aromatic N) is 1. The van der Waals surface area contributed by atoms with Gasteiger partial charge in [0.2, 0.25) is 0 Å². The highest BCUT2D eigenvalue weighted by Crippen LogP contribution is 2.08. The summed E-state index contributed by atoms with van der Waals surface area (Å²) in [6.07, 6.45) is 5.07. The van der Waals surface area contributed by atoms with Gasteiger partial charge in [0.05, 0.1) is 32.9 Å². The first kappa shape index (κ1) is 18.5. The lowest BCUT2D eigenvalue weighted by Crippen LogP contribution is -2.41. The van der Waals surface area contributed by atoms with E-state index in [0.717, 1.165) is 43.3 Å². The molecule has 0 aromatic heterocycles. The first-order valence-electron chi connectivity index (χ1n) is 6.89. The highest BCUT2D eigenvalue weighted by atomic mass is 32.2. The van der Waals surface area contributed by atoms with Crippen LogP contribution < -0.4 is 0 Å². The van der Waals surface area contributed by atoms with Crippen molar-refractivity contribution in [3.8, 4) is 0 Å². The van der Waals surface area contributed by atoms with Crippen LogP contribution in [0.4, 0.5) is 0 Å². The Morgan fingerprint density at radius 1 is 1.00 bits per heavy atom. The van der Waals surface area contributed by atoms with Crippen molar-refractivity contribution in [3.05, 3.63) is 0 Å². The van der Waals surface area contributed by atoms with Crippen molar-refractivity contribution in [3.63, 3.8) is 0 Å². The SMILES string of the molecule is CC(=O)CCCCC[N+](C)(C)CCCCS(=O)(=O)O. The summed E-state index contributed by atoms with van der Waals surface area (Å²) in [5.74, 6) is 0.102. The highest BCUT2D eigenvalue weighted by molar-refractivity contribution is 7.85. The van der Waals surface area contributed by atoms with Crippen molar-refractivity contribution in [2.75, 3.05) is 32.9 Å². The topological polar surface area (TPSA) is 71.4 Å². The quantitative estimate of drug-likeness (QED) is 0.359. The summed E-state index contributed by atoms with van der Waals surface area (Å²) in [5, 5.41) is 0. The third-order valence-electron chi connectivity index (χ3n) is 3.21. The van der Waals surface area contributed by atoms with E-state index in [2.05, 4.69) is 14.1 Å². The average molecular weight is 294 g/mol. The van der Waals surface area contributed by atoms with E-state index >= 15 is 0 Å². The molecule has 1 N–H and O–H groups in total. The second-order valence-electron chi connectivity index (χ2n) is 5.89. The summed E-state index contributed by atoms with van der Waals surface area (Å²) in [5.41, 5.74) is 0. The van der Waals surface area contributed by atoms with Crippen molar-refractivity contribution in [2.45, 2.75) is 45.4 Å². The van der Waals surface area contributed by atoms with Gasteiger partial charge < -0.3 is 9.28 Å². The summed E-state index contributed by atoms with van der Waals surface area (Å²) in [6, 6.07) is 0. The van der Waals surface area contributed by atoms with Crippen molar-refractivity contribution in [1.82, 2.24) is 0 Å². The molecule has 0 amide bonds. The fraction of sp³-hybridized carbons (Fsp3) is 0.923. The third-order valence-corrected chi connectivity index (χ3v) is 4.01. The minimum atomic E-state index is -3.81. The molecule has 0 atom stereocenters. The Hall–Kier alpha value is -0.460. The molecule has 0 bridgehead atoms. The Morgan fingerprint density at radius 3 is 2.00 bits per heavy atom. The summed E-state index contributed by atoms with van der Waals surface area (Å²) in [7, 11) is 0.434. The second-order valence-corrected chi connectivity index (χ2v) is 7.46. The number of unbranched alkanes of at least 4 members (excludes halogenated alkanes) is 3. The molecule has 0 aliphatic rings. The fourth-order valence-electron chi connectivity index (χ4n) is 2.03. The van der Waals surface area contributed by atoms with Crippen LogP contribution in [0.3, 0.4) is 0 Å². The molecule has 0 saturated carbocycles. The number of carbonyl (C=O) groups excluding carboxylic acids is 1. The van der Waals surface area contributed by atoms with E-state index in [1.165, 1.54) is 0 Å². The molecule has 0 aliphatic carbocycles. The van der Waals surface area contributed by atoms with E-state index in [1.807, 2.05) is 0 Å². The molecular formula is C13H28NO4S+. The van der Waals surface area contributed by atoms with Crippen LogP contribution in [-0.4, -0.2) is 56.2 Å². The molecule has 19 heavy (non-hydrogen) atoms. The molecule has 0 spiro atoms. The average Bonchev–Trinajstić information content (AvgIpc) is 2.22. The van der Waals surface area contributed by atoms with Crippen LogP contribution >= 0.6 is 0 Å². The molecule has 0 aromatic rings. The molecule has 0 radical (unpaired) electrons. The molecule has 5 nitrogen and oxygen atoms in total. The first-order chi connectivity index (χ1) is 8.62. The molecule has 0 rings (SSSR count). The van der Waals surface area contributed by atoms with Crippen molar-refractivity contribution < 1.29 is 22.2 Å². The van der Waals surface area contributed by atoms with E-state index in [-0.39, 0.29) is 11.5 Å². The maximum atomic E-state index is 10.8. The van der Waals surface area contributed by atoms with Gasteiger partial charge in [-0.25, -0.2) is 0 Å². The van der Waals surface area contributed by atoms with Gasteiger partial charge in [0.15, 0.2) is 0 Å². The van der Waals surface area contributed by atoms with Gasteiger partial charge in [-0.15, -0.1) is 0 Å². The van der Waals surface area contributed by atoms with E-state index in [0.29, 0.717) is 12.8 Å². The summed E-state index contributed by atoms with van der Waals surface area (Å²) < 4.78 is 30.6. The second kappa shape index (κ2) is 8.66. The van der Waals surface area contributed by atoms with Gasteiger partial charge in [0, 0.05) is 6.42 Å². The van der Waals surface area contributed by atoms with Crippen LogP contribution in [0.1, 0.15) is 45.4 Å². The number of quaternary nitrogens is 1. The molecular weight excluding hydrogens is 266 g/mol. The van der Waals surface area contributed by atoms with E-state index in [1.54, 1.807) is 6.92 Å². The normalized spacial score (nSPS) is 12.6. The third kappa shape index (κ3) is 13.8. The minimum absolute atomic E-state index is 0.147. The van der Waals surface area contributed by atoms with Crippen molar-refractivity contribution in [1.29, 1.82) is 0 Å². The molecule has 0 aromatic carbocycles. The Balaban J connectivity index is 3.65. The van der Waals surface area contributed by atoms with Gasteiger partial charge in [-0.3, -0.25) is 4.55 Å². The Labute approximate surface area is 117 Å². The van der Waals surface area contributed by atoms with Crippen LogP contribution in [-0.2, 0) is 14.9 Å². The predicted octanol–water partition coefficient (Wildman–Crippen LogP) is 1.88. The first-order valence-corrected chi connectivity index (χ1v) is 8.50. The molecule has 6 heteroatoms. The largest absolute Gasteiger partial charge is 0.328 e. The lowest BCUT2D eigenvalue weighted by molar-refractivity contribution is -0.890. The molecule has 0 fully saturated rings. The summed E-state index contributed by atoms with van der Waals surface area (Å²) in [4.78, 5) is 10.8. The van der Waals surface area contributed by atoms with Crippen LogP contribution in [0, 0.1) is 0 Å². The predicted molar refractivity (Wildman–Crippen MR) is 76.6 cm³/mol. The summed E-state index contributed by atoms with van der Waals surface area (Å²) >= 11 is 0. The van der Waals surface area contributed by atoms with Gasteiger partial charge in [-0.1, -0.05) is 0 Å². The van der Waals surface area contributed by atoms with Crippen LogP contribution in [0.25, 0.3) is 0 Å². The summed E-state index contributed by atoms with van der Waals surface area (Å²) in [6.45, 7) is 3.56. The smallest absolute Gasteiger partial charge is 0.264 e. The Bertz CT molecular complexity index is 363. The molecule has 0 saturated heterocycles. The molecule has 0 heterocycles. The van der Waals surface area contributed by atoms with Crippen molar-refractivity contribution in [2.24, 2.45) is 0 Å². The standard InChI is InChI=1S/C13H27NO4S/c1-13(15)9-5-4-6-10-14(2,3)11-7-8-12-19(16,17)18/h4-12H2,1-3H3/p+1. The number of rotatable bonds is 11. The lowest BCUT2D eigenvalue weighted by Gasteiger charge is -2.29. The molecule has 0 aliphatic heterocycles. The zero-order chi connectivity index (χ0) is 14.9. The Morgan fingerprint density at radius 2 is 1.53 bits per heavy atom. The number of carbonyl (C=O) groups is 1. The lowest BCUT2D eigenvalue weighted by atomic mass is 10.1. The number of Topliss-reactive ketones (excluding diaryl/α,β-unsaturated/α-hetero) is 1. The van der Waals surface area contributed by atoms with Gasteiger partial charge >= 0.3 is 0 Å². The van der Waals surface area contributed by atoms with Gasteiger partial charge in [-0.2, -0.15) is 8.42 Å². The Kier molecular flexibility index (Phi) is 8.45. The van der Waals surface area contributed by atoms with Gasteiger partial charge in [0.25, 0.3) is 10.1 Å². The zero-order valence-electron chi connectivity index (χ0n) is 12.4. The highest BCUT2D eigenvalue weighted by Gasteiger charge is 2.14. The number of hydrogen-bond donors (Lipinski definition) is 1. The molecule has 0 unspecified atom stereocenters. The zero-order valence-corrected chi connectivity index (χ0v) is 13.2. The number of hydrogen-bond acceptors (Lipinski definition) is 3. The minimum Gasteiger partial charge on any atom is -0.328 e. The van der Waals surface area contributed by atoms with Gasteiger partial charge in [-0.05, 0) is 39.0 Å². The van der Waals surface area contributed by atoms with Crippen LogP contribution in [0.5, 0.6) is 0 Å². The number of ketones is 1. The maximum Gasteiger partial charge on any atom is 0.264 e. The van der Waals surface area contributed by atoms with E-state index < -0.39 is 10.1 Å². The van der Waals surface area contributed by atoms with Crippen LogP contribution in [0.2, 0.25) is 0 Å². The fourth-order valence-corrected chi connectivity index (χ4v) is 2.60. The molecule has 114 valence electrons. The van der Waals surface area contributed by atoms with E-state index in [4.69, 9.17) is 4.55 Å².